The summed E-state index contributed by atoms with van der Waals surface area (Å²) in [6, 6.07) is 12.4. The van der Waals surface area contributed by atoms with E-state index in [1.807, 2.05) is 12.1 Å². The Balaban J connectivity index is 1.75. The Labute approximate surface area is 120 Å². The van der Waals surface area contributed by atoms with Crippen molar-refractivity contribution in [2.45, 2.75) is 6.54 Å². The van der Waals surface area contributed by atoms with Gasteiger partial charge in [0.25, 0.3) is 0 Å². The minimum Gasteiger partial charge on any atom is -0.399 e. The van der Waals surface area contributed by atoms with E-state index >= 15 is 0 Å². The molecule has 1 aromatic heterocycles. The van der Waals surface area contributed by atoms with Gasteiger partial charge >= 0.3 is 0 Å². The number of nitrogen functional groups attached to an aromatic ring is 1. The molecule has 4 nitrogen and oxygen atoms in total. The van der Waals surface area contributed by atoms with Crippen molar-refractivity contribution in [1.29, 1.82) is 0 Å². The molecule has 0 saturated carbocycles. The number of anilines is 1. The van der Waals surface area contributed by atoms with Crippen LogP contribution in [0.1, 0.15) is 5.69 Å². The molecule has 2 heterocycles. The zero-order chi connectivity index (χ0) is 13.9. The van der Waals surface area contributed by atoms with Gasteiger partial charge in [-0.1, -0.05) is 0 Å². The van der Waals surface area contributed by atoms with Gasteiger partial charge in [0.15, 0.2) is 0 Å². The van der Waals surface area contributed by atoms with E-state index in [2.05, 4.69) is 51.9 Å². The number of nitrogens with zero attached hydrogens (tertiary/aromatic N) is 3. The second kappa shape index (κ2) is 5.69. The number of hydrogen-bond donors (Lipinski definition) is 1. The Morgan fingerprint density at radius 2 is 1.70 bits per heavy atom. The van der Waals surface area contributed by atoms with Gasteiger partial charge in [0.05, 0.1) is 0 Å². The van der Waals surface area contributed by atoms with Crippen molar-refractivity contribution in [2.75, 3.05) is 39.0 Å². The van der Waals surface area contributed by atoms with Crippen LogP contribution < -0.4 is 5.73 Å². The summed E-state index contributed by atoms with van der Waals surface area (Å²) < 4.78 is 2.25. The molecule has 2 N–H and O–H groups in total. The first-order valence-electron chi connectivity index (χ1n) is 7.15. The van der Waals surface area contributed by atoms with Gasteiger partial charge in [-0.15, -0.1) is 0 Å². The monoisotopic (exact) mass is 270 g/mol. The van der Waals surface area contributed by atoms with Gasteiger partial charge < -0.3 is 15.2 Å². The number of nitrogens with two attached hydrogens (primary N) is 1. The van der Waals surface area contributed by atoms with Crippen LogP contribution in [0.5, 0.6) is 0 Å². The lowest BCUT2D eigenvalue weighted by Crippen LogP contribution is -2.44. The fourth-order valence-electron chi connectivity index (χ4n) is 2.67. The van der Waals surface area contributed by atoms with Crippen molar-refractivity contribution in [3.05, 3.63) is 48.3 Å². The predicted molar refractivity (Wildman–Crippen MR) is 83.0 cm³/mol. The van der Waals surface area contributed by atoms with Crippen LogP contribution >= 0.6 is 0 Å². The molecular weight excluding hydrogens is 248 g/mol. The predicted octanol–water partition coefficient (Wildman–Crippen LogP) is 1.81. The molecule has 0 unspecified atom stereocenters. The van der Waals surface area contributed by atoms with Gasteiger partial charge in [-0.2, -0.15) is 0 Å². The summed E-state index contributed by atoms with van der Waals surface area (Å²) in [6.07, 6.45) is 2.12. The zero-order valence-corrected chi connectivity index (χ0v) is 12.0. The van der Waals surface area contributed by atoms with Crippen LogP contribution in [0.15, 0.2) is 42.6 Å². The highest BCUT2D eigenvalue weighted by Crippen LogP contribution is 2.16. The molecule has 0 atom stereocenters. The third-order valence-corrected chi connectivity index (χ3v) is 3.99. The summed E-state index contributed by atoms with van der Waals surface area (Å²) >= 11 is 0. The number of piperazine rings is 1. The Morgan fingerprint density at radius 1 is 1.00 bits per heavy atom. The van der Waals surface area contributed by atoms with Crippen molar-refractivity contribution in [2.24, 2.45) is 0 Å². The molecule has 1 aromatic carbocycles. The largest absolute Gasteiger partial charge is 0.399 e. The molecule has 0 aliphatic carbocycles. The summed E-state index contributed by atoms with van der Waals surface area (Å²) in [6.45, 7) is 5.60. The van der Waals surface area contributed by atoms with Crippen LogP contribution in [-0.4, -0.2) is 47.6 Å². The minimum atomic E-state index is 0.807. The number of likely N-dealkylation sites (N-methyl/N-ethyl adjacent to an activating group) is 1. The molecule has 3 rings (SSSR count). The molecule has 0 amide bonds. The first-order chi connectivity index (χ1) is 9.72. The van der Waals surface area contributed by atoms with Crippen LogP contribution in [0.4, 0.5) is 5.69 Å². The number of rotatable bonds is 3. The van der Waals surface area contributed by atoms with E-state index in [4.69, 9.17) is 5.73 Å². The van der Waals surface area contributed by atoms with Gasteiger partial charge in [0.2, 0.25) is 0 Å². The summed E-state index contributed by atoms with van der Waals surface area (Å²) in [5.74, 6) is 0. The Hall–Kier alpha value is -1.78. The van der Waals surface area contributed by atoms with Crippen molar-refractivity contribution in [3.8, 4) is 5.69 Å². The van der Waals surface area contributed by atoms with Crippen molar-refractivity contribution < 1.29 is 0 Å². The third-order valence-electron chi connectivity index (χ3n) is 3.99. The summed E-state index contributed by atoms with van der Waals surface area (Å²) in [5, 5.41) is 0. The Bertz CT molecular complexity index is 550. The molecule has 2 aromatic rings. The van der Waals surface area contributed by atoms with E-state index < -0.39 is 0 Å². The SMILES string of the molecule is CN1CCN(Cc2cccn2-c2ccc(N)cc2)CC1. The van der Waals surface area contributed by atoms with E-state index in [1.165, 1.54) is 11.4 Å². The van der Waals surface area contributed by atoms with Gasteiger partial charge in [-0.3, -0.25) is 4.90 Å². The molecule has 1 aliphatic heterocycles. The molecule has 1 fully saturated rings. The molecule has 0 bridgehead atoms. The van der Waals surface area contributed by atoms with E-state index in [0.29, 0.717) is 0 Å². The Kier molecular flexibility index (Phi) is 3.76. The van der Waals surface area contributed by atoms with Gasteiger partial charge in [-0.05, 0) is 43.4 Å². The second-order valence-corrected chi connectivity index (χ2v) is 5.54. The maximum Gasteiger partial charge on any atom is 0.0454 e. The van der Waals surface area contributed by atoms with Crippen LogP contribution in [0.25, 0.3) is 5.69 Å². The summed E-state index contributed by atoms with van der Waals surface area (Å²) in [4.78, 5) is 4.90. The average Bonchev–Trinajstić information content (AvgIpc) is 2.90. The maximum absolute atomic E-state index is 5.76. The number of hydrogen-bond acceptors (Lipinski definition) is 3. The minimum absolute atomic E-state index is 0.807. The molecule has 20 heavy (non-hydrogen) atoms. The molecule has 0 radical (unpaired) electrons. The van der Waals surface area contributed by atoms with E-state index in [-0.39, 0.29) is 0 Å². The molecular formula is C16H22N4. The lowest BCUT2D eigenvalue weighted by molar-refractivity contribution is 0.146. The van der Waals surface area contributed by atoms with Crippen molar-refractivity contribution in [3.63, 3.8) is 0 Å². The fourth-order valence-corrected chi connectivity index (χ4v) is 2.67. The van der Waals surface area contributed by atoms with E-state index in [0.717, 1.165) is 38.4 Å². The lowest BCUT2D eigenvalue weighted by Gasteiger charge is -2.32. The highest BCUT2D eigenvalue weighted by molar-refractivity contribution is 5.46. The quantitative estimate of drug-likeness (QED) is 0.864. The smallest absolute Gasteiger partial charge is 0.0454 e. The number of benzene rings is 1. The van der Waals surface area contributed by atoms with E-state index in [9.17, 15) is 0 Å². The van der Waals surface area contributed by atoms with Gasteiger partial charge in [-0.25, -0.2) is 0 Å². The van der Waals surface area contributed by atoms with Gasteiger partial charge in [0.1, 0.15) is 0 Å². The highest BCUT2D eigenvalue weighted by Gasteiger charge is 2.15. The van der Waals surface area contributed by atoms with Crippen LogP contribution in [0.3, 0.4) is 0 Å². The topological polar surface area (TPSA) is 37.4 Å². The average molecular weight is 270 g/mol. The highest BCUT2D eigenvalue weighted by atomic mass is 15.2. The lowest BCUT2D eigenvalue weighted by atomic mass is 10.2. The van der Waals surface area contributed by atoms with Gasteiger partial charge in [0, 0.05) is 56.0 Å². The van der Waals surface area contributed by atoms with Crippen molar-refractivity contribution in [1.82, 2.24) is 14.4 Å². The third kappa shape index (κ3) is 2.86. The molecule has 106 valence electrons. The van der Waals surface area contributed by atoms with E-state index in [1.54, 1.807) is 0 Å². The molecule has 1 aliphatic rings. The number of aromatic nitrogens is 1. The first kappa shape index (κ1) is 13.2. The van der Waals surface area contributed by atoms with Crippen LogP contribution in [0.2, 0.25) is 0 Å². The second-order valence-electron chi connectivity index (χ2n) is 5.54. The standard InChI is InChI=1S/C16H22N4/c1-18-9-11-19(12-10-18)13-16-3-2-8-20(16)15-6-4-14(17)5-7-15/h2-8H,9-13,17H2,1H3. The zero-order valence-electron chi connectivity index (χ0n) is 12.0. The maximum atomic E-state index is 5.76. The normalized spacial score (nSPS) is 17.4. The Morgan fingerprint density at radius 3 is 2.40 bits per heavy atom. The van der Waals surface area contributed by atoms with Crippen molar-refractivity contribution >= 4 is 5.69 Å². The first-order valence-corrected chi connectivity index (χ1v) is 7.15. The summed E-state index contributed by atoms with van der Waals surface area (Å²) in [7, 11) is 2.19. The molecule has 0 spiro atoms. The molecule has 4 heteroatoms. The molecule has 1 saturated heterocycles. The fraction of sp³-hybridized carbons (Fsp3) is 0.375. The summed E-state index contributed by atoms with van der Waals surface area (Å²) in [5.41, 5.74) is 9.07. The van der Waals surface area contributed by atoms with Crippen LogP contribution in [0, 0.1) is 0 Å². The van der Waals surface area contributed by atoms with Crippen LogP contribution in [-0.2, 0) is 6.54 Å².